The molecule has 0 N–H and O–H groups in total. The lowest BCUT2D eigenvalue weighted by atomic mass is 10.1. The average molecular weight is 294 g/mol. The van der Waals surface area contributed by atoms with Crippen LogP contribution in [0.1, 0.15) is 36.0 Å². The molecular weight excluding hydrogens is 276 g/mol. The van der Waals surface area contributed by atoms with Crippen molar-refractivity contribution < 1.29 is 18.5 Å². The highest BCUT2D eigenvalue weighted by molar-refractivity contribution is 7.85. The molecular formula is C15H18O4S. The lowest BCUT2D eigenvalue weighted by molar-refractivity contribution is 0.102. The summed E-state index contributed by atoms with van der Waals surface area (Å²) in [6.45, 7) is 0.195. The van der Waals surface area contributed by atoms with E-state index in [-0.39, 0.29) is 18.3 Å². The van der Waals surface area contributed by atoms with Gasteiger partial charge >= 0.3 is 0 Å². The van der Waals surface area contributed by atoms with Crippen molar-refractivity contribution in [3.05, 3.63) is 23.8 Å². The third-order valence-corrected chi connectivity index (χ3v) is 5.31. The molecule has 1 aliphatic carbocycles. The van der Waals surface area contributed by atoms with Crippen LogP contribution >= 0.6 is 0 Å². The van der Waals surface area contributed by atoms with Crippen molar-refractivity contribution in [2.45, 2.75) is 25.7 Å². The maximum Gasteiger partial charge on any atom is 0.231 e. The third kappa shape index (κ3) is 3.03. The lowest BCUT2D eigenvalue weighted by Gasteiger charge is -2.08. The molecule has 0 saturated heterocycles. The van der Waals surface area contributed by atoms with Crippen molar-refractivity contribution in [2.75, 3.05) is 18.3 Å². The Morgan fingerprint density at radius 3 is 2.75 bits per heavy atom. The molecule has 1 saturated carbocycles. The summed E-state index contributed by atoms with van der Waals surface area (Å²) < 4.78 is 22.5. The molecule has 4 nitrogen and oxygen atoms in total. The minimum absolute atomic E-state index is 0.0837. The summed E-state index contributed by atoms with van der Waals surface area (Å²) in [4.78, 5) is 12.1. The van der Waals surface area contributed by atoms with E-state index < -0.39 is 10.8 Å². The van der Waals surface area contributed by atoms with Crippen LogP contribution in [-0.4, -0.2) is 28.3 Å². The maximum atomic E-state index is 12.1. The molecule has 1 aromatic rings. The summed E-state index contributed by atoms with van der Waals surface area (Å²) in [6, 6.07) is 5.12. The van der Waals surface area contributed by atoms with Crippen molar-refractivity contribution in [1.29, 1.82) is 0 Å². The number of ether oxygens (including phenoxy) is 2. The van der Waals surface area contributed by atoms with Crippen LogP contribution in [0.3, 0.4) is 0 Å². The largest absolute Gasteiger partial charge is 0.454 e. The number of hydrogen-bond donors (Lipinski definition) is 0. The molecule has 3 rings (SSSR count). The topological polar surface area (TPSA) is 52.6 Å². The molecule has 0 spiro atoms. The Morgan fingerprint density at radius 1 is 1.20 bits per heavy atom. The molecule has 1 aliphatic heterocycles. The van der Waals surface area contributed by atoms with Gasteiger partial charge < -0.3 is 9.47 Å². The van der Waals surface area contributed by atoms with Crippen LogP contribution < -0.4 is 9.47 Å². The van der Waals surface area contributed by atoms with Crippen molar-refractivity contribution in [2.24, 2.45) is 5.92 Å². The Kier molecular flexibility index (Phi) is 4.05. The molecule has 1 unspecified atom stereocenters. The average Bonchev–Trinajstić information content (AvgIpc) is 3.07. The Labute approximate surface area is 120 Å². The summed E-state index contributed by atoms with van der Waals surface area (Å²) in [5.41, 5.74) is 0.550. The summed E-state index contributed by atoms with van der Waals surface area (Å²) in [7, 11) is -1.06. The van der Waals surface area contributed by atoms with Gasteiger partial charge in [-0.05, 0) is 37.0 Å². The van der Waals surface area contributed by atoms with E-state index in [4.69, 9.17) is 9.47 Å². The third-order valence-electron chi connectivity index (χ3n) is 3.88. The molecule has 1 aromatic carbocycles. The normalized spacial score (nSPS) is 19.2. The minimum atomic E-state index is -1.06. The van der Waals surface area contributed by atoms with Crippen LogP contribution in [-0.2, 0) is 10.8 Å². The van der Waals surface area contributed by atoms with Crippen molar-refractivity contribution in [1.82, 2.24) is 0 Å². The quantitative estimate of drug-likeness (QED) is 0.783. The number of carbonyl (C=O) groups is 1. The zero-order valence-corrected chi connectivity index (χ0v) is 12.1. The Balaban J connectivity index is 1.59. The van der Waals surface area contributed by atoms with Crippen molar-refractivity contribution in [3.8, 4) is 11.5 Å². The van der Waals surface area contributed by atoms with E-state index in [1.165, 1.54) is 12.8 Å². The first-order valence-electron chi connectivity index (χ1n) is 7.00. The molecule has 1 heterocycles. The molecule has 108 valence electrons. The molecule has 1 fully saturated rings. The van der Waals surface area contributed by atoms with Crippen molar-refractivity contribution in [3.63, 3.8) is 0 Å². The number of benzene rings is 1. The number of ketones is 1. The van der Waals surface area contributed by atoms with E-state index in [2.05, 4.69) is 0 Å². The number of Topliss-reactive ketones (excluding diaryl/α,β-unsaturated/α-hetero) is 1. The predicted octanol–water partition coefficient (Wildman–Crippen LogP) is 2.54. The second-order valence-electron chi connectivity index (χ2n) is 5.39. The van der Waals surface area contributed by atoms with Crippen LogP contribution in [0.15, 0.2) is 18.2 Å². The van der Waals surface area contributed by atoms with E-state index in [1.807, 2.05) is 0 Å². The number of fused-ring (bicyclic) bond motifs is 1. The van der Waals surface area contributed by atoms with E-state index in [9.17, 15) is 9.00 Å². The number of carbonyl (C=O) groups excluding carboxylic acids is 1. The number of rotatable bonds is 5. The van der Waals surface area contributed by atoms with Gasteiger partial charge in [0, 0.05) is 22.1 Å². The highest BCUT2D eigenvalue weighted by Crippen LogP contribution is 2.32. The van der Waals surface area contributed by atoms with Gasteiger partial charge in [-0.15, -0.1) is 0 Å². The van der Waals surface area contributed by atoms with Gasteiger partial charge in [0.25, 0.3) is 0 Å². The smallest absolute Gasteiger partial charge is 0.231 e. The summed E-state index contributed by atoms with van der Waals surface area (Å²) in [5, 5.41) is 0. The predicted molar refractivity (Wildman–Crippen MR) is 76.7 cm³/mol. The van der Waals surface area contributed by atoms with Crippen LogP contribution in [0.4, 0.5) is 0 Å². The minimum Gasteiger partial charge on any atom is -0.454 e. The van der Waals surface area contributed by atoms with Crippen LogP contribution in [0, 0.1) is 5.92 Å². The first kappa shape index (κ1) is 13.6. The van der Waals surface area contributed by atoms with Crippen molar-refractivity contribution >= 4 is 16.6 Å². The van der Waals surface area contributed by atoms with E-state index in [0.717, 1.165) is 12.8 Å². The lowest BCUT2D eigenvalue weighted by Crippen LogP contribution is -2.17. The van der Waals surface area contributed by atoms with Crippen LogP contribution in [0.2, 0.25) is 0 Å². The zero-order valence-electron chi connectivity index (χ0n) is 11.3. The van der Waals surface area contributed by atoms with E-state index >= 15 is 0 Å². The van der Waals surface area contributed by atoms with Gasteiger partial charge in [0.15, 0.2) is 17.3 Å². The van der Waals surface area contributed by atoms with Gasteiger partial charge in [0.05, 0.1) is 5.75 Å². The van der Waals surface area contributed by atoms with Gasteiger partial charge in [0.2, 0.25) is 6.79 Å². The molecule has 2 aliphatic rings. The van der Waals surface area contributed by atoms with Gasteiger partial charge in [-0.2, -0.15) is 0 Å². The SMILES string of the molecule is O=C(CS(=O)CC1CCCC1)c1ccc2c(c1)OCO2. The maximum absolute atomic E-state index is 12.1. The number of hydrogen-bond acceptors (Lipinski definition) is 4. The standard InChI is InChI=1S/C15H18O4S/c16-13(9-20(17)8-11-3-1-2-4-11)12-5-6-14-15(7-12)19-10-18-14/h5-7,11H,1-4,8-10H2. The molecule has 0 aromatic heterocycles. The highest BCUT2D eigenvalue weighted by Gasteiger charge is 2.21. The fraction of sp³-hybridized carbons (Fsp3) is 0.533. The zero-order chi connectivity index (χ0) is 13.9. The van der Waals surface area contributed by atoms with E-state index in [1.54, 1.807) is 18.2 Å². The molecule has 0 amide bonds. The van der Waals surface area contributed by atoms with E-state index in [0.29, 0.717) is 28.7 Å². The van der Waals surface area contributed by atoms with Gasteiger partial charge in [-0.1, -0.05) is 12.8 Å². The Hall–Kier alpha value is -1.36. The molecule has 1 atom stereocenters. The molecule has 0 bridgehead atoms. The summed E-state index contributed by atoms with van der Waals surface area (Å²) in [5.74, 6) is 2.48. The summed E-state index contributed by atoms with van der Waals surface area (Å²) >= 11 is 0. The van der Waals surface area contributed by atoms with Gasteiger partial charge in [0.1, 0.15) is 0 Å². The second kappa shape index (κ2) is 5.95. The Morgan fingerprint density at radius 2 is 1.95 bits per heavy atom. The monoisotopic (exact) mass is 294 g/mol. The first-order chi connectivity index (χ1) is 9.72. The summed E-state index contributed by atoms with van der Waals surface area (Å²) in [6.07, 6.45) is 4.78. The van der Waals surface area contributed by atoms with Crippen LogP contribution in [0.5, 0.6) is 11.5 Å². The fourth-order valence-corrected chi connectivity index (χ4v) is 4.23. The fourth-order valence-electron chi connectivity index (χ4n) is 2.80. The first-order valence-corrected chi connectivity index (χ1v) is 8.49. The van der Waals surface area contributed by atoms with Crippen LogP contribution in [0.25, 0.3) is 0 Å². The molecule has 5 heteroatoms. The van der Waals surface area contributed by atoms with Gasteiger partial charge in [-0.3, -0.25) is 9.00 Å². The second-order valence-corrected chi connectivity index (χ2v) is 6.89. The van der Waals surface area contributed by atoms with Gasteiger partial charge in [-0.25, -0.2) is 0 Å². The Bertz CT molecular complexity index is 535. The molecule has 0 radical (unpaired) electrons. The highest BCUT2D eigenvalue weighted by atomic mass is 32.2. The molecule has 20 heavy (non-hydrogen) atoms.